The summed E-state index contributed by atoms with van der Waals surface area (Å²) >= 11 is 0. The molecule has 1 fully saturated rings. The number of hydrogen-bond donors (Lipinski definition) is 1. The molecule has 1 saturated carbocycles. The van der Waals surface area contributed by atoms with Gasteiger partial charge in [-0.25, -0.2) is 0 Å². The third-order valence-corrected chi connectivity index (χ3v) is 3.45. The number of benzene rings is 1. The summed E-state index contributed by atoms with van der Waals surface area (Å²) in [4.78, 5) is 12.1. The molecule has 0 heterocycles. The van der Waals surface area contributed by atoms with Gasteiger partial charge in [0.1, 0.15) is 11.6 Å². The van der Waals surface area contributed by atoms with E-state index in [4.69, 9.17) is 0 Å². The van der Waals surface area contributed by atoms with Crippen molar-refractivity contribution in [2.75, 3.05) is 0 Å². The van der Waals surface area contributed by atoms with Crippen LogP contribution in [0.2, 0.25) is 0 Å². The lowest BCUT2D eigenvalue weighted by Crippen LogP contribution is -2.25. The van der Waals surface area contributed by atoms with Gasteiger partial charge in [0.15, 0.2) is 0 Å². The van der Waals surface area contributed by atoms with E-state index < -0.39 is 0 Å². The molecule has 2 rings (SSSR count). The van der Waals surface area contributed by atoms with Crippen LogP contribution in [0, 0.1) is 11.3 Å². The van der Waals surface area contributed by atoms with Gasteiger partial charge in [0.2, 0.25) is 0 Å². The van der Waals surface area contributed by atoms with Gasteiger partial charge in [0.25, 0.3) is 5.91 Å². The van der Waals surface area contributed by atoms with Crippen molar-refractivity contribution < 1.29 is 4.79 Å². The number of carbonyl (C=O) groups excluding carboxylic acids is 1. The zero-order valence-electron chi connectivity index (χ0n) is 11.0. The van der Waals surface area contributed by atoms with Crippen molar-refractivity contribution in [2.45, 2.75) is 38.6 Å². The Bertz CT molecular complexity index is 503. The second kappa shape index (κ2) is 6.75. The second-order valence-electron chi connectivity index (χ2n) is 4.82. The molecule has 19 heavy (non-hydrogen) atoms. The summed E-state index contributed by atoms with van der Waals surface area (Å²) in [6.45, 7) is 0.470. The molecular weight excluding hydrogens is 236 g/mol. The lowest BCUT2D eigenvalue weighted by molar-refractivity contribution is -0.117. The summed E-state index contributed by atoms with van der Waals surface area (Å²) in [5.41, 5.74) is 2.40. The van der Waals surface area contributed by atoms with Crippen LogP contribution in [0.4, 0.5) is 0 Å². The number of nitrogens with zero attached hydrogens (tertiary/aromatic N) is 1. The first-order valence-electron chi connectivity index (χ1n) is 6.75. The van der Waals surface area contributed by atoms with Crippen molar-refractivity contribution in [3.05, 3.63) is 47.0 Å². The minimum Gasteiger partial charge on any atom is -0.347 e. The van der Waals surface area contributed by atoms with Crippen molar-refractivity contribution in [1.82, 2.24) is 5.32 Å². The zero-order chi connectivity index (χ0) is 13.5. The first-order chi connectivity index (χ1) is 9.31. The van der Waals surface area contributed by atoms with E-state index in [0.717, 1.165) is 36.8 Å². The molecule has 98 valence electrons. The summed E-state index contributed by atoms with van der Waals surface area (Å²) in [6.07, 6.45) is 5.16. The minimum absolute atomic E-state index is 0.233. The fourth-order valence-electron chi connectivity index (χ4n) is 2.39. The van der Waals surface area contributed by atoms with Crippen LogP contribution in [0.1, 0.15) is 37.7 Å². The maximum Gasteiger partial charge on any atom is 0.262 e. The summed E-state index contributed by atoms with van der Waals surface area (Å²) in [7, 11) is 0. The van der Waals surface area contributed by atoms with Crippen molar-refractivity contribution in [2.24, 2.45) is 0 Å². The molecule has 3 nitrogen and oxygen atoms in total. The summed E-state index contributed by atoms with van der Waals surface area (Å²) in [5.74, 6) is -0.233. The SMILES string of the molecule is N#CC(C(=O)NCc1ccccc1)=C1CCCCC1. The molecule has 1 aliphatic carbocycles. The van der Waals surface area contributed by atoms with Crippen LogP contribution in [0.5, 0.6) is 0 Å². The quantitative estimate of drug-likeness (QED) is 0.665. The van der Waals surface area contributed by atoms with Crippen LogP contribution in [0.3, 0.4) is 0 Å². The minimum atomic E-state index is -0.233. The van der Waals surface area contributed by atoms with Gasteiger partial charge >= 0.3 is 0 Å². The van der Waals surface area contributed by atoms with E-state index in [9.17, 15) is 10.1 Å². The van der Waals surface area contributed by atoms with Gasteiger partial charge in [-0.15, -0.1) is 0 Å². The van der Waals surface area contributed by atoms with Crippen molar-refractivity contribution in [3.8, 4) is 6.07 Å². The van der Waals surface area contributed by atoms with Gasteiger partial charge in [0, 0.05) is 6.54 Å². The molecule has 1 N–H and O–H groups in total. The van der Waals surface area contributed by atoms with Crippen LogP contribution >= 0.6 is 0 Å². The Kier molecular flexibility index (Phi) is 4.74. The fraction of sp³-hybridized carbons (Fsp3) is 0.375. The highest BCUT2D eigenvalue weighted by molar-refractivity contribution is 5.98. The molecule has 1 amide bonds. The van der Waals surface area contributed by atoms with Crippen LogP contribution in [-0.2, 0) is 11.3 Å². The Labute approximate surface area is 113 Å². The van der Waals surface area contributed by atoms with Crippen LogP contribution in [0.25, 0.3) is 0 Å². The average molecular weight is 254 g/mol. The van der Waals surface area contributed by atoms with Gasteiger partial charge in [-0.3, -0.25) is 4.79 Å². The van der Waals surface area contributed by atoms with E-state index in [2.05, 4.69) is 11.4 Å². The van der Waals surface area contributed by atoms with Crippen LogP contribution in [0.15, 0.2) is 41.5 Å². The van der Waals surface area contributed by atoms with Crippen LogP contribution in [-0.4, -0.2) is 5.91 Å². The van der Waals surface area contributed by atoms with E-state index in [-0.39, 0.29) is 5.91 Å². The molecule has 0 aliphatic heterocycles. The Morgan fingerprint density at radius 2 is 1.84 bits per heavy atom. The Morgan fingerprint density at radius 3 is 2.47 bits per heavy atom. The van der Waals surface area contributed by atoms with Gasteiger partial charge in [-0.2, -0.15) is 5.26 Å². The van der Waals surface area contributed by atoms with Gasteiger partial charge in [-0.1, -0.05) is 36.8 Å². The van der Waals surface area contributed by atoms with E-state index in [1.807, 2.05) is 30.3 Å². The second-order valence-corrected chi connectivity index (χ2v) is 4.82. The molecule has 1 aliphatic rings. The average Bonchev–Trinajstić information content (AvgIpc) is 2.48. The monoisotopic (exact) mass is 254 g/mol. The van der Waals surface area contributed by atoms with Crippen molar-refractivity contribution in [3.63, 3.8) is 0 Å². The van der Waals surface area contributed by atoms with E-state index in [1.165, 1.54) is 6.42 Å². The highest BCUT2D eigenvalue weighted by Crippen LogP contribution is 2.25. The van der Waals surface area contributed by atoms with E-state index >= 15 is 0 Å². The number of nitrogens with one attached hydrogen (secondary N) is 1. The number of hydrogen-bond acceptors (Lipinski definition) is 2. The lowest BCUT2D eigenvalue weighted by atomic mass is 9.91. The predicted octanol–water partition coefficient (Wildman–Crippen LogP) is 3.09. The molecule has 0 spiro atoms. The summed E-state index contributed by atoms with van der Waals surface area (Å²) in [5, 5.41) is 12.0. The fourth-order valence-corrected chi connectivity index (χ4v) is 2.39. The Morgan fingerprint density at radius 1 is 1.16 bits per heavy atom. The van der Waals surface area contributed by atoms with Crippen molar-refractivity contribution >= 4 is 5.91 Å². The molecule has 0 radical (unpaired) electrons. The Balaban J connectivity index is 2.00. The number of allylic oxidation sites excluding steroid dienone is 1. The first kappa shape index (κ1) is 13.4. The number of amides is 1. The maximum absolute atomic E-state index is 12.1. The molecular formula is C16H18N2O. The zero-order valence-corrected chi connectivity index (χ0v) is 11.0. The van der Waals surface area contributed by atoms with Gasteiger partial charge < -0.3 is 5.32 Å². The topological polar surface area (TPSA) is 52.9 Å². The summed E-state index contributed by atoms with van der Waals surface area (Å²) < 4.78 is 0. The summed E-state index contributed by atoms with van der Waals surface area (Å²) in [6, 6.07) is 11.8. The third kappa shape index (κ3) is 3.69. The normalized spacial score (nSPS) is 14.6. The third-order valence-electron chi connectivity index (χ3n) is 3.45. The van der Waals surface area contributed by atoms with Crippen molar-refractivity contribution in [1.29, 1.82) is 5.26 Å². The molecule has 0 bridgehead atoms. The highest BCUT2D eigenvalue weighted by atomic mass is 16.1. The predicted molar refractivity (Wildman–Crippen MR) is 74.0 cm³/mol. The molecule has 0 aromatic heterocycles. The van der Waals surface area contributed by atoms with Gasteiger partial charge in [0.05, 0.1) is 0 Å². The number of carbonyl (C=O) groups is 1. The number of nitriles is 1. The number of rotatable bonds is 3. The molecule has 0 atom stereocenters. The maximum atomic E-state index is 12.1. The molecule has 0 saturated heterocycles. The molecule has 3 heteroatoms. The van der Waals surface area contributed by atoms with E-state index in [0.29, 0.717) is 12.1 Å². The van der Waals surface area contributed by atoms with E-state index in [1.54, 1.807) is 0 Å². The largest absolute Gasteiger partial charge is 0.347 e. The molecule has 1 aromatic carbocycles. The standard InChI is InChI=1S/C16H18N2O/c17-11-15(14-9-5-2-6-10-14)16(19)18-12-13-7-3-1-4-8-13/h1,3-4,7-8H,2,5-6,9-10,12H2,(H,18,19). The first-order valence-corrected chi connectivity index (χ1v) is 6.75. The van der Waals surface area contributed by atoms with Crippen LogP contribution < -0.4 is 5.32 Å². The Hall–Kier alpha value is -2.08. The highest BCUT2D eigenvalue weighted by Gasteiger charge is 2.17. The lowest BCUT2D eigenvalue weighted by Gasteiger charge is -2.15. The molecule has 1 aromatic rings. The van der Waals surface area contributed by atoms with Gasteiger partial charge in [-0.05, 0) is 36.8 Å². The smallest absolute Gasteiger partial charge is 0.262 e. The molecule has 0 unspecified atom stereocenters.